The number of aromatic nitrogens is 1. The fourth-order valence-corrected chi connectivity index (χ4v) is 1.32. The van der Waals surface area contributed by atoms with Crippen LogP contribution in [0.5, 0.6) is 5.88 Å². The zero-order valence-corrected chi connectivity index (χ0v) is 9.64. The fourth-order valence-electron chi connectivity index (χ4n) is 1.32. The minimum absolute atomic E-state index is 0.0299. The first-order valence-electron chi connectivity index (χ1n) is 4.79. The van der Waals surface area contributed by atoms with Crippen LogP contribution in [0.1, 0.15) is 32.0 Å². The average molecular weight is 233 g/mol. The van der Waals surface area contributed by atoms with E-state index in [1.54, 1.807) is 0 Å². The standard InChI is InChI=1S/C11H14F3NO/c1-10(2,3)7-5-6-8(11(12,13)14)15-9(7)16-4/h5-6H,1-4H3. The highest BCUT2D eigenvalue weighted by Crippen LogP contribution is 2.34. The lowest BCUT2D eigenvalue weighted by molar-refractivity contribution is -0.141. The van der Waals surface area contributed by atoms with Crippen molar-refractivity contribution in [3.8, 4) is 5.88 Å². The van der Waals surface area contributed by atoms with Crippen LogP contribution < -0.4 is 4.74 Å². The number of halogens is 3. The number of hydrogen-bond acceptors (Lipinski definition) is 2. The third-order valence-electron chi connectivity index (χ3n) is 2.15. The molecule has 1 rings (SSSR count). The van der Waals surface area contributed by atoms with Crippen LogP contribution >= 0.6 is 0 Å². The molecule has 0 bridgehead atoms. The van der Waals surface area contributed by atoms with Gasteiger partial charge in [0.1, 0.15) is 5.69 Å². The van der Waals surface area contributed by atoms with Crippen molar-refractivity contribution in [2.24, 2.45) is 0 Å². The van der Waals surface area contributed by atoms with Crippen molar-refractivity contribution in [2.75, 3.05) is 7.11 Å². The van der Waals surface area contributed by atoms with Crippen molar-refractivity contribution >= 4 is 0 Å². The van der Waals surface area contributed by atoms with Gasteiger partial charge in [-0.05, 0) is 11.5 Å². The van der Waals surface area contributed by atoms with E-state index in [-0.39, 0.29) is 11.3 Å². The number of pyridine rings is 1. The van der Waals surface area contributed by atoms with Gasteiger partial charge in [-0.2, -0.15) is 13.2 Å². The zero-order valence-electron chi connectivity index (χ0n) is 9.64. The van der Waals surface area contributed by atoms with Crippen LogP contribution in [0.15, 0.2) is 12.1 Å². The zero-order chi connectivity index (χ0) is 12.6. The predicted octanol–water partition coefficient (Wildman–Crippen LogP) is 3.41. The van der Waals surface area contributed by atoms with Gasteiger partial charge in [-0.15, -0.1) is 0 Å². The van der Waals surface area contributed by atoms with E-state index < -0.39 is 11.9 Å². The Hall–Kier alpha value is -1.26. The summed E-state index contributed by atoms with van der Waals surface area (Å²) in [5.41, 5.74) is -0.581. The van der Waals surface area contributed by atoms with Crippen molar-refractivity contribution in [1.82, 2.24) is 4.98 Å². The van der Waals surface area contributed by atoms with Crippen LogP contribution in [-0.2, 0) is 11.6 Å². The molecule has 0 radical (unpaired) electrons. The van der Waals surface area contributed by atoms with Crippen LogP contribution in [0.2, 0.25) is 0 Å². The Kier molecular flexibility index (Phi) is 3.17. The molecule has 0 aliphatic carbocycles. The molecule has 5 heteroatoms. The van der Waals surface area contributed by atoms with Gasteiger partial charge in [-0.3, -0.25) is 0 Å². The summed E-state index contributed by atoms with van der Waals surface area (Å²) in [5, 5.41) is 0. The number of rotatable bonds is 1. The summed E-state index contributed by atoms with van der Waals surface area (Å²) >= 11 is 0. The third kappa shape index (κ3) is 2.65. The first-order chi connectivity index (χ1) is 7.16. The van der Waals surface area contributed by atoms with E-state index in [1.165, 1.54) is 13.2 Å². The van der Waals surface area contributed by atoms with Crippen molar-refractivity contribution in [2.45, 2.75) is 32.4 Å². The molecule has 1 heterocycles. The van der Waals surface area contributed by atoms with Crippen molar-refractivity contribution in [3.05, 3.63) is 23.4 Å². The molecule has 0 aliphatic rings. The average Bonchev–Trinajstić information content (AvgIpc) is 2.14. The summed E-state index contributed by atoms with van der Waals surface area (Å²) in [5.74, 6) is 0.0299. The number of hydrogen-bond donors (Lipinski definition) is 0. The molecule has 0 N–H and O–H groups in total. The fraction of sp³-hybridized carbons (Fsp3) is 0.545. The Morgan fingerprint density at radius 2 is 1.69 bits per heavy atom. The quantitative estimate of drug-likeness (QED) is 0.741. The third-order valence-corrected chi connectivity index (χ3v) is 2.15. The highest BCUT2D eigenvalue weighted by Gasteiger charge is 2.34. The summed E-state index contributed by atoms with van der Waals surface area (Å²) in [4.78, 5) is 3.48. The lowest BCUT2D eigenvalue weighted by atomic mass is 9.87. The Bertz CT molecular complexity index is 380. The smallest absolute Gasteiger partial charge is 0.433 e. The van der Waals surface area contributed by atoms with Crippen molar-refractivity contribution in [1.29, 1.82) is 0 Å². The van der Waals surface area contributed by atoms with Gasteiger partial charge >= 0.3 is 6.18 Å². The van der Waals surface area contributed by atoms with Crippen LogP contribution in [0.3, 0.4) is 0 Å². The molecule has 0 atom stereocenters. The van der Waals surface area contributed by atoms with Crippen molar-refractivity contribution in [3.63, 3.8) is 0 Å². The summed E-state index contributed by atoms with van der Waals surface area (Å²) in [6, 6.07) is 2.39. The van der Waals surface area contributed by atoms with Gasteiger partial charge in [0, 0.05) is 5.56 Å². The van der Waals surface area contributed by atoms with Crippen LogP contribution in [0.25, 0.3) is 0 Å². The second-order valence-corrected chi connectivity index (χ2v) is 4.50. The monoisotopic (exact) mass is 233 g/mol. The summed E-state index contributed by atoms with van der Waals surface area (Å²) < 4.78 is 42.1. The van der Waals surface area contributed by atoms with Gasteiger partial charge in [0.2, 0.25) is 5.88 Å². The van der Waals surface area contributed by atoms with E-state index in [4.69, 9.17) is 4.74 Å². The molecule has 16 heavy (non-hydrogen) atoms. The second kappa shape index (κ2) is 3.96. The highest BCUT2D eigenvalue weighted by atomic mass is 19.4. The maximum Gasteiger partial charge on any atom is 0.433 e. The predicted molar refractivity (Wildman–Crippen MR) is 54.5 cm³/mol. The van der Waals surface area contributed by atoms with Gasteiger partial charge < -0.3 is 4.74 Å². The Morgan fingerprint density at radius 1 is 1.12 bits per heavy atom. The number of nitrogens with zero attached hydrogens (tertiary/aromatic N) is 1. The molecule has 0 amide bonds. The Labute approximate surface area is 92.5 Å². The normalized spacial score (nSPS) is 12.7. The molecule has 1 aromatic heterocycles. The maximum absolute atomic E-state index is 12.4. The molecule has 2 nitrogen and oxygen atoms in total. The highest BCUT2D eigenvalue weighted by molar-refractivity contribution is 5.34. The minimum atomic E-state index is -4.44. The molecule has 0 aliphatic heterocycles. The first kappa shape index (κ1) is 12.8. The van der Waals surface area contributed by atoms with E-state index in [1.807, 2.05) is 20.8 Å². The maximum atomic E-state index is 12.4. The summed E-state index contributed by atoms with van der Waals surface area (Å²) in [6.07, 6.45) is -4.44. The topological polar surface area (TPSA) is 22.1 Å². The number of ether oxygens (including phenoxy) is 1. The van der Waals surface area contributed by atoms with Crippen LogP contribution in [-0.4, -0.2) is 12.1 Å². The van der Waals surface area contributed by atoms with E-state index in [0.29, 0.717) is 5.56 Å². The van der Waals surface area contributed by atoms with Crippen LogP contribution in [0.4, 0.5) is 13.2 Å². The summed E-state index contributed by atoms with van der Waals surface area (Å²) in [7, 11) is 1.32. The van der Waals surface area contributed by atoms with Crippen LogP contribution in [0, 0.1) is 0 Å². The molecular weight excluding hydrogens is 219 g/mol. The molecule has 0 aromatic carbocycles. The van der Waals surface area contributed by atoms with E-state index in [2.05, 4.69) is 4.98 Å². The molecule has 0 saturated carbocycles. The van der Waals surface area contributed by atoms with E-state index >= 15 is 0 Å². The first-order valence-corrected chi connectivity index (χ1v) is 4.79. The van der Waals surface area contributed by atoms with Gasteiger partial charge in [-0.1, -0.05) is 26.8 Å². The summed E-state index contributed by atoms with van der Waals surface area (Å²) in [6.45, 7) is 5.67. The second-order valence-electron chi connectivity index (χ2n) is 4.50. The molecule has 0 saturated heterocycles. The lowest BCUT2D eigenvalue weighted by Crippen LogP contribution is -2.16. The van der Waals surface area contributed by atoms with Gasteiger partial charge in [0.05, 0.1) is 7.11 Å². The van der Waals surface area contributed by atoms with Crippen molar-refractivity contribution < 1.29 is 17.9 Å². The number of alkyl halides is 3. The van der Waals surface area contributed by atoms with Gasteiger partial charge in [-0.25, -0.2) is 4.98 Å². The molecular formula is C11H14F3NO. The Morgan fingerprint density at radius 3 is 2.06 bits per heavy atom. The molecule has 1 aromatic rings. The van der Waals surface area contributed by atoms with Gasteiger partial charge in [0.25, 0.3) is 0 Å². The van der Waals surface area contributed by atoms with E-state index in [0.717, 1.165) is 6.07 Å². The van der Waals surface area contributed by atoms with E-state index in [9.17, 15) is 13.2 Å². The minimum Gasteiger partial charge on any atom is -0.481 e. The molecule has 90 valence electrons. The largest absolute Gasteiger partial charge is 0.481 e. The Balaban J connectivity index is 3.28. The lowest BCUT2D eigenvalue weighted by Gasteiger charge is -2.21. The SMILES string of the molecule is COc1nc(C(F)(F)F)ccc1C(C)(C)C. The van der Waals surface area contributed by atoms with Gasteiger partial charge in [0.15, 0.2) is 0 Å². The molecule has 0 unspecified atom stereocenters. The molecule has 0 spiro atoms. The number of methoxy groups -OCH3 is 1. The molecule has 0 fully saturated rings.